The van der Waals surface area contributed by atoms with Gasteiger partial charge in [-0.25, -0.2) is 8.42 Å². The van der Waals surface area contributed by atoms with Crippen LogP contribution in [-0.4, -0.2) is 44.6 Å². The Kier molecular flexibility index (Phi) is 6.14. The van der Waals surface area contributed by atoms with Crippen LogP contribution in [0.25, 0.3) is 0 Å². The van der Waals surface area contributed by atoms with Gasteiger partial charge in [0.1, 0.15) is 6.04 Å². The van der Waals surface area contributed by atoms with Crippen molar-refractivity contribution in [3.05, 3.63) is 29.3 Å². The first-order valence-electron chi connectivity index (χ1n) is 8.95. The molecule has 0 saturated heterocycles. The number of nitrogens with zero attached hydrogens (tertiary/aromatic N) is 2. The monoisotopic (exact) mass is 366 g/mol. The number of likely N-dealkylation sites (N-methyl/N-ethyl adjacent to an activating group) is 1. The number of anilines is 1. The van der Waals surface area contributed by atoms with Gasteiger partial charge in [0, 0.05) is 13.1 Å². The Hall–Kier alpha value is -1.56. The molecule has 1 aliphatic carbocycles. The summed E-state index contributed by atoms with van der Waals surface area (Å²) in [6.45, 7) is 5.54. The Labute approximate surface area is 152 Å². The second-order valence-corrected chi connectivity index (χ2v) is 9.18. The fourth-order valence-corrected chi connectivity index (χ4v) is 4.98. The molecule has 1 aromatic rings. The van der Waals surface area contributed by atoms with E-state index in [1.807, 2.05) is 32.0 Å². The number of benzene rings is 1. The molecular weight excluding hydrogens is 336 g/mol. The maximum absolute atomic E-state index is 13.0. The molecule has 0 aliphatic heterocycles. The first kappa shape index (κ1) is 19.8. The topological polar surface area (TPSA) is 57.7 Å². The van der Waals surface area contributed by atoms with Gasteiger partial charge in [-0.05, 0) is 56.9 Å². The molecule has 0 heterocycles. The van der Waals surface area contributed by atoms with Crippen LogP contribution in [0.5, 0.6) is 0 Å². The first-order valence-corrected chi connectivity index (χ1v) is 10.8. The van der Waals surface area contributed by atoms with E-state index in [-0.39, 0.29) is 11.9 Å². The average Bonchev–Trinajstić information content (AvgIpc) is 2.52. The molecule has 2 rings (SSSR count). The lowest BCUT2D eigenvalue weighted by molar-refractivity contribution is -0.133. The number of hydrogen-bond donors (Lipinski definition) is 0. The summed E-state index contributed by atoms with van der Waals surface area (Å²) in [7, 11) is -1.77. The van der Waals surface area contributed by atoms with Crippen LogP contribution < -0.4 is 4.31 Å². The number of carbonyl (C=O) groups excluding carboxylic acids is 1. The zero-order valence-corrected chi connectivity index (χ0v) is 16.8. The van der Waals surface area contributed by atoms with Gasteiger partial charge in [0.25, 0.3) is 0 Å². The predicted molar refractivity (Wildman–Crippen MR) is 102 cm³/mol. The number of sulfonamides is 1. The lowest BCUT2D eigenvalue weighted by Gasteiger charge is -2.36. The van der Waals surface area contributed by atoms with Gasteiger partial charge >= 0.3 is 0 Å². The van der Waals surface area contributed by atoms with Crippen molar-refractivity contribution in [1.29, 1.82) is 0 Å². The molecule has 1 saturated carbocycles. The zero-order chi connectivity index (χ0) is 18.8. The predicted octanol–water partition coefficient (Wildman–Crippen LogP) is 3.25. The minimum absolute atomic E-state index is 0.142. The third-order valence-corrected chi connectivity index (χ3v) is 6.24. The maximum atomic E-state index is 13.0. The summed E-state index contributed by atoms with van der Waals surface area (Å²) in [5.41, 5.74) is 2.51. The first-order chi connectivity index (χ1) is 11.6. The second-order valence-electron chi connectivity index (χ2n) is 7.32. The van der Waals surface area contributed by atoms with E-state index in [1.54, 1.807) is 18.9 Å². The van der Waals surface area contributed by atoms with E-state index in [1.165, 1.54) is 10.7 Å². The molecule has 1 unspecified atom stereocenters. The van der Waals surface area contributed by atoms with Gasteiger partial charge in [0.05, 0.1) is 11.9 Å². The molecule has 0 aromatic heterocycles. The van der Waals surface area contributed by atoms with Crippen molar-refractivity contribution in [3.8, 4) is 0 Å². The van der Waals surface area contributed by atoms with Gasteiger partial charge in [0.15, 0.2) is 0 Å². The summed E-state index contributed by atoms with van der Waals surface area (Å²) in [5, 5.41) is 0. The van der Waals surface area contributed by atoms with E-state index in [0.29, 0.717) is 5.69 Å². The normalized spacial score (nSPS) is 17.2. The number of hydrogen-bond acceptors (Lipinski definition) is 3. The van der Waals surface area contributed by atoms with E-state index < -0.39 is 16.1 Å². The third kappa shape index (κ3) is 4.75. The van der Waals surface area contributed by atoms with Crippen molar-refractivity contribution in [2.24, 2.45) is 0 Å². The average molecular weight is 367 g/mol. The highest BCUT2D eigenvalue weighted by Crippen LogP contribution is 2.27. The summed E-state index contributed by atoms with van der Waals surface area (Å²) in [5.74, 6) is -0.142. The molecule has 6 heteroatoms. The van der Waals surface area contributed by atoms with E-state index in [9.17, 15) is 13.2 Å². The fourth-order valence-electron chi connectivity index (χ4n) is 3.82. The van der Waals surface area contributed by atoms with Crippen LogP contribution in [0.2, 0.25) is 0 Å². The highest BCUT2D eigenvalue weighted by molar-refractivity contribution is 7.92. The van der Waals surface area contributed by atoms with Gasteiger partial charge in [-0.1, -0.05) is 25.3 Å². The van der Waals surface area contributed by atoms with Crippen LogP contribution in [0, 0.1) is 13.8 Å². The Morgan fingerprint density at radius 2 is 1.60 bits per heavy atom. The molecule has 0 radical (unpaired) electrons. The zero-order valence-electron chi connectivity index (χ0n) is 15.9. The molecule has 1 fully saturated rings. The molecule has 25 heavy (non-hydrogen) atoms. The van der Waals surface area contributed by atoms with Crippen LogP contribution in [0.1, 0.15) is 50.2 Å². The Balaban J connectivity index is 2.32. The van der Waals surface area contributed by atoms with Crippen molar-refractivity contribution in [2.75, 3.05) is 17.6 Å². The summed E-state index contributed by atoms with van der Waals surface area (Å²) in [4.78, 5) is 14.7. The quantitative estimate of drug-likeness (QED) is 0.804. The smallest absolute Gasteiger partial charge is 0.246 e. The molecule has 1 atom stereocenters. The Bertz CT molecular complexity index is 704. The maximum Gasteiger partial charge on any atom is 0.246 e. The number of amides is 1. The molecule has 5 nitrogen and oxygen atoms in total. The van der Waals surface area contributed by atoms with Crippen molar-refractivity contribution in [2.45, 2.75) is 65.0 Å². The number of aryl methyl sites for hydroxylation is 2. The minimum Gasteiger partial charge on any atom is -0.341 e. The highest BCUT2D eigenvalue weighted by Gasteiger charge is 2.33. The van der Waals surface area contributed by atoms with Crippen molar-refractivity contribution in [1.82, 2.24) is 4.90 Å². The van der Waals surface area contributed by atoms with Crippen molar-refractivity contribution in [3.63, 3.8) is 0 Å². The van der Waals surface area contributed by atoms with Gasteiger partial charge in [-0.15, -0.1) is 0 Å². The van der Waals surface area contributed by atoms with Crippen molar-refractivity contribution >= 4 is 21.6 Å². The summed E-state index contributed by atoms with van der Waals surface area (Å²) < 4.78 is 26.2. The SMILES string of the molecule is Cc1cc(C)cc(N(C(C)C(=O)N(C)C2CCCCC2)S(C)(=O)=O)c1. The van der Waals surface area contributed by atoms with Crippen LogP contribution in [0.15, 0.2) is 18.2 Å². The van der Waals surface area contributed by atoms with Gasteiger partial charge in [-0.2, -0.15) is 0 Å². The van der Waals surface area contributed by atoms with E-state index in [4.69, 9.17) is 0 Å². The van der Waals surface area contributed by atoms with Crippen LogP contribution >= 0.6 is 0 Å². The van der Waals surface area contributed by atoms with E-state index in [0.717, 1.165) is 43.1 Å². The van der Waals surface area contributed by atoms with Crippen LogP contribution in [-0.2, 0) is 14.8 Å². The second kappa shape index (κ2) is 7.77. The molecular formula is C19H30N2O3S. The summed E-state index contributed by atoms with van der Waals surface area (Å²) >= 11 is 0. The largest absolute Gasteiger partial charge is 0.341 e. The number of rotatable bonds is 5. The highest BCUT2D eigenvalue weighted by atomic mass is 32.2. The minimum atomic E-state index is -3.57. The number of carbonyl (C=O) groups is 1. The van der Waals surface area contributed by atoms with E-state index in [2.05, 4.69) is 0 Å². The summed E-state index contributed by atoms with van der Waals surface area (Å²) in [6.07, 6.45) is 6.63. The molecule has 0 spiro atoms. The van der Waals surface area contributed by atoms with Gasteiger partial charge in [0.2, 0.25) is 15.9 Å². The molecule has 1 aliphatic rings. The van der Waals surface area contributed by atoms with E-state index >= 15 is 0 Å². The summed E-state index contributed by atoms with van der Waals surface area (Å²) in [6, 6.07) is 5.08. The van der Waals surface area contributed by atoms with Crippen LogP contribution in [0.3, 0.4) is 0 Å². The standard InChI is InChI=1S/C19H30N2O3S/c1-14-11-15(2)13-18(12-14)21(25(5,23)24)16(3)19(22)20(4)17-9-7-6-8-10-17/h11-13,16-17H,6-10H2,1-5H3. The molecule has 0 N–H and O–H groups in total. The lowest BCUT2D eigenvalue weighted by Crippen LogP contribution is -2.51. The fraction of sp³-hybridized carbons (Fsp3) is 0.632. The van der Waals surface area contributed by atoms with Gasteiger partial charge in [-0.3, -0.25) is 9.10 Å². The van der Waals surface area contributed by atoms with Crippen molar-refractivity contribution < 1.29 is 13.2 Å². The third-order valence-electron chi connectivity index (χ3n) is 5.00. The van der Waals surface area contributed by atoms with Gasteiger partial charge < -0.3 is 4.90 Å². The molecule has 1 amide bonds. The lowest BCUT2D eigenvalue weighted by atomic mass is 9.94. The molecule has 1 aromatic carbocycles. The Morgan fingerprint density at radius 3 is 2.08 bits per heavy atom. The van der Waals surface area contributed by atoms with Crippen LogP contribution in [0.4, 0.5) is 5.69 Å². The molecule has 140 valence electrons. The molecule has 0 bridgehead atoms. The Morgan fingerprint density at radius 1 is 1.08 bits per heavy atom.